The van der Waals surface area contributed by atoms with E-state index < -0.39 is 11.2 Å². The van der Waals surface area contributed by atoms with E-state index in [4.69, 9.17) is 4.74 Å². The van der Waals surface area contributed by atoms with Crippen LogP contribution in [0.25, 0.3) is 10.8 Å². The lowest BCUT2D eigenvalue weighted by Gasteiger charge is -2.28. The van der Waals surface area contributed by atoms with Crippen LogP contribution in [-0.4, -0.2) is 18.0 Å². The second-order valence-electron chi connectivity index (χ2n) is 9.71. The smallest absolute Gasteiger partial charge is 0.181 e. The van der Waals surface area contributed by atoms with Crippen molar-refractivity contribution in [3.63, 3.8) is 0 Å². The van der Waals surface area contributed by atoms with Crippen molar-refractivity contribution in [1.29, 1.82) is 0 Å². The third-order valence-corrected chi connectivity index (χ3v) is 7.07. The summed E-state index contributed by atoms with van der Waals surface area (Å²) in [6.07, 6.45) is 0.938. The van der Waals surface area contributed by atoms with E-state index in [1.54, 1.807) is 7.11 Å². The van der Waals surface area contributed by atoms with Gasteiger partial charge in [-0.05, 0) is 53.1 Å². The van der Waals surface area contributed by atoms with Crippen molar-refractivity contribution >= 4 is 10.8 Å². The Balaban J connectivity index is 2.46. The average molecular weight is 355 g/mol. The first-order valence-electron chi connectivity index (χ1n) is 9.71. The lowest BCUT2D eigenvalue weighted by molar-refractivity contribution is -0.137. The van der Waals surface area contributed by atoms with Crippen LogP contribution < -0.4 is 0 Å². The fourth-order valence-electron chi connectivity index (χ4n) is 5.05. The highest BCUT2D eigenvalue weighted by atomic mass is 16.6. The maximum absolute atomic E-state index is 11.3. The van der Waals surface area contributed by atoms with Crippen LogP contribution in [0.4, 0.5) is 0 Å². The molecule has 0 spiro atoms. The molecule has 2 aromatic carbocycles. The van der Waals surface area contributed by atoms with Gasteiger partial charge in [0.2, 0.25) is 0 Å². The molecule has 0 aliphatic heterocycles. The van der Waals surface area contributed by atoms with Crippen molar-refractivity contribution in [3.05, 3.63) is 46.5 Å². The Labute approximate surface area is 158 Å². The topological polar surface area (TPSA) is 29.5 Å². The lowest BCUT2D eigenvalue weighted by atomic mass is 9.76. The molecule has 0 bridgehead atoms. The van der Waals surface area contributed by atoms with Gasteiger partial charge in [0.25, 0.3) is 0 Å². The minimum atomic E-state index is -1.15. The maximum Gasteiger partial charge on any atom is 0.181 e. The third-order valence-electron chi connectivity index (χ3n) is 7.07. The number of hydrogen-bond acceptors (Lipinski definition) is 2. The molecule has 2 atom stereocenters. The van der Waals surface area contributed by atoms with Gasteiger partial charge in [0.15, 0.2) is 5.79 Å². The van der Waals surface area contributed by atoms with Gasteiger partial charge >= 0.3 is 0 Å². The van der Waals surface area contributed by atoms with Crippen LogP contribution in [-0.2, 0) is 22.0 Å². The van der Waals surface area contributed by atoms with Gasteiger partial charge in [-0.2, -0.15) is 0 Å². The summed E-state index contributed by atoms with van der Waals surface area (Å²) in [7, 11) is 1.62. The molecule has 1 fully saturated rings. The fourth-order valence-corrected chi connectivity index (χ4v) is 5.05. The Morgan fingerprint density at radius 3 is 2.12 bits per heavy atom. The molecule has 26 heavy (non-hydrogen) atoms. The molecule has 1 aliphatic rings. The van der Waals surface area contributed by atoms with E-state index in [1.165, 1.54) is 33.0 Å². The van der Waals surface area contributed by atoms with Crippen molar-refractivity contribution in [2.45, 2.75) is 78.4 Å². The van der Waals surface area contributed by atoms with E-state index >= 15 is 0 Å². The molecule has 0 heterocycles. The number of aliphatic hydroxyl groups is 1. The van der Waals surface area contributed by atoms with Crippen LogP contribution in [0.3, 0.4) is 0 Å². The normalized spacial score (nSPS) is 27.8. The summed E-state index contributed by atoms with van der Waals surface area (Å²) in [5, 5.41) is 13.8. The second-order valence-corrected chi connectivity index (χ2v) is 9.71. The van der Waals surface area contributed by atoms with E-state index in [-0.39, 0.29) is 10.8 Å². The zero-order valence-corrected chi connectivity index (χ0v) is 17.9. The molecule has 0 amide bonds. The van der Waals surface area contributed by atoms with Crippen molar-refractivity contribution in [3.8, 4) is 0 Å². The van der Waals surface area contributed by atoms with Gasteiger partial charge in [-0.3, -0.25) is 0 Å². The number of aryl methyl sites for hydroxylation is 2. The SMILES string of the molecule is CCc1cc(C(C)(C)C)c2cc(C)ccc2c1C1(C)C(C)(C)C1(O)OC. The summed E-state index contributed by atoms with van der Waals surface area (Å²) in [6, 6.07) is 9.09. The molecular weight excluding hydrogens is 320 g/mol. The van der Waals surface area contributed by atoms with E-state index in [0.717, 1.165) is 6.42 Å². The molecule has 142 valence electrons. The quantitative estimate of drug-likeness (QED) is 0.723. The largest absolute Gasteiger partial charge is 0.364 e. The number of hydrogen-bond donors (Lipinski definition) is 1. The number of methoxy groups -OCH3 is 1. The van der Waals surface area contributed by atoms with Crippen LogP contribution in [0.5, 0.6) is 0 Å². The molecule has 2 unspecified atom stereocenters. The second kappa shape index (κ2) is 5.56. The first kappa shape index (κ1) is 19.4. The predicted molar refractivity (Wildman–Crippen MR) is 110 cm³/mol. The van der Waals surface area contributed by atoms with Crippen LogP contribution in [0, 0.1) is 12.3 Å². The molecule has 2 aromatic rings. The summed E-state index contributed by atoms with van der Waals surface area (Å²) in [5.41, 5.74) is 4.47. The molecule has 2 nitrogen and oxygen atoms in total. The summed E-state index contributed by atoms with van der Waals surface area (Å²) >= 11 is 0. The Morgan fingerprint density at radius 1 is 1.04 bits per heavy atom. The summed E-state index contributed by atoms with van der Waals surface area (Å²) in [4.78, 5) is 0. The molecule has 2 heteroatoms. The van der Waals surface area contributed by atoms with Crippen molar-refractivity contribution < 1.29 is 9.84 Å². The van der Waals surface area contributed by atoms with Gasteiger partial charge in [0.05, 0.1) is 5.41 Å². The zero-order chi connectivity index (χ0) is 19.7. The van der Waals surface area contributed by atoms with E-state index in [1.807, 2.05) is 0 Å². The van der Waals surface area contributed by atoms with Gasteiger partial charge in [-0.25, -0.2) is 0 Å². The van der Waals surface area contributed by atoms with Crippen LogP contribution >= 0.6 is 0 Å². The highest BCUT2D eigenvalue weighted by Gasteiger charge is 2.82. The highest BCUT2D eigenvalue weighted by molar-refractivity contribution is 5.93. The number of ether oxygens (including phenoxy) is 1. The predicted octanol–water partition coefficient (Wildman–Crippen LogP) is 5.64. The number of fused-ring (bicyclic) bond motifs is 1. The summed E-state index contributed by atoms with van der Waals surface area (Å²) in [5.74, 6) is -1.15. The Bertz CT molecular complexity index is 872. The van der Waals surface area contributed by atoms with Gasteiger partial charge < -0.3 is 9.84 Å². The highest BCUT2D eigenvalue weighted by Crippen LogP contribution is 2.73. The Hall–Kier alpha value is -1.38. The molecule has 0 aromatic heterocycles. The first-order chi connectivity index (χ1) is 11.9. The Kier molecular flexibility index (Phi) is 4.15. The summed E-state index contributed by atoms with van der Waals surface area (Å²) < 4.78 is 5.66. The van der Waals surface area contributed by atoms with E-state index in [0.29, 0.717) is 0 Å². The molecule has 0 radical (unpaired) electrons. The maximum atomic E-state index is 11.3. The zero-order valence-electron chi connectivity index (χ0n) is 17.9. The minimum absolute atomic E-state index is 0.0615. The number of benzene rings is 2. The van der Waals surface area contributed by atoms with Crippen molar-refractivity contribution in [2.75, 3.05) is 7.11 Å². The van der Waals surface area contributed by atoms with Crippen LogP contribution in [0.2, 0.25) is 0 Å². The van der Waals surface area contributed by atoms with Gasteiger partial charge in [-0.15, -0.1) is 0 Å². The fraction of sp³-hybridized carbons (Fsp3) is 0.583. The lowest BCUT2D eigenvalue weighted by Crippen LogP contribution is -2.25. The molecule has 1 aliphatic carbocycles. The van der Waals surface area contributed by atoms with Crippen LogP contribution in [0.15, 0.2) is 24.3 Å². The summed E-state index contributed by atoms with van der Waals surface area (Å²) in [6.45, 7) is 17.5. The van der Waals surface area contributed by atoms with E-state index in [9.17, 15) is 5.11 Å². The standard InChI is InChI=1S/C24H34O2/c1-10-16-14-19(21(3,4)5)18-13-15(2)11-12-17(18)20(16)23(8)22(6,7)24(23,25)26-9/h11-14,25H,10H2,1-9H3. The molecule has 1 saturated carbocycles. The first-order valence-corrected chi connectivity index (χ1v) is 9.71. The Morgan fingerprint density at radius 2 is 1.65 bits per heavy atom. The average Bonchev–Trinajstić information content (AvgIpc) is 2.91. The number of rotatable bonds is 3. The minimum Gasteiger partial charge on any atom is -0.364 e. The molecular formula is C24H34O2. The third kappa shape index (κ3) is 2.18. The van der Waals surface area contributed by atoms with E-state index in [2.05, 4.69) is 79.7 Å². The molecule has 1 N–H and O–H groups in total. The van der Waals surface area contributed by atoms with Gasteiger partial charge in [0.1, 0.15) is 0 Å². The monoisotopic (exact) mass is 354 g/mol. The van der Waals surface area contributed by atoms with Gasteiger partial charge in [-0.1, -0.05) is 71.4 Å². The van der Waals surface area contributed by atoms with Crippen molar-refractivity contribution in [2.24, 2.45) is 5.41 Å². The van der Waals surface area contributed by atoms with Gasteiger partial charge in [0, 0.05) is 12.5 Å². The molecule has 3 rings (SSSR count). The van der Waals surface area contributed by atoms with Crippen LogP contribution in [0.1, 0.15) is 70.7 Å². The van der Waals surface area contributed by atoms with Crippen molar-refractivity contribution in [1.82, 2.24) is 0 Å². The molecule has 0 saturated heterocycles.